The summed E-state index contributed by atoms with van der Waals surface area (Å²) >= 11 is 0. The lowest BCUT2D eigenvalue weighted by Gasteiger charge is -2.13. The maximum absolute atomic E-state index is 12.3. The van der Waals surface area contributed by atoms with E-state index >= 15 is 0 Å². The number of halogens is 3. The van der Waals surface area contributed by atoms with Gasteiger partial charge in [-0.2, -0.15) is 18.3 Å². The zero-order valence-corrected chi connectivity index (χ0v) is 10.4. The molecule has 7 heteroatoms. The molecule has 1 atom stereocenters. The van der Waals surface area contributed by atoms with Crippen LogP contribution in [-0.2, 0) is 12.7 Å². The summed E-state index contributed by atoms with van der Waals surface area (Å²) in [7, 11) is 0. The standard InChI is InChI=1S/C11H18F3N3O/c1-8(2)3-15-5-10(18)7-17-6-9(4-16-17)11(12,13)14/h4,6,8,10,15,18H,3,5,7H2,1-2H3. The average Bonchev–Trinajstić information content (AvgIpc) is 2.64. The molecule has 18 heavy (non-hydrogen) atoms. The molecular weight excluding hydrogens is 247 g/mol. The summed E-state index contributed by atoms with van der Waals surface area (Å²) in [6.45, 7) is 5.19. The van der Waals surface area contributed by atoms with E-state index in [-0.39, 0.29) is 6.54 Å². The summed E-state index contributed by atoms with van der Waals surface area (Å²) in [6, 6.07) is 0. The van der Waals surface area contributed by atoms with E-state index < -0.39 is 17.8 Å². The molecule has 0 aliphatic carbocycles. The zero-order chi connectivity index (χ0) is 13.8. The highest BCUT2D eigenvalue weighted by atomic mass is 19.4. The Morgan fingerprint density at radius 3 is 2.56 bits per heavy atom. The van der Waals surface area contributed by atoms with Gasteiger partial charge in [-0.05, 0) is 12.5 Å². The largest absolute Gasteiger partial charge is 0.419 e. The normalized spacial score (nSPS) is 14.2. The first kappa shape index (κ1) is 15.0. The predicted octanol–water partition coefficient (Wildman–Crippen LogP) is 1.51. The monoisotopic (exact) mass is 265 g/mol. The van der Waals surface area contributed by atoms with Crippen molar-refractivity contribution in [3.63, 3.8) is 0 Å². The van der Waals surface area contributed by atoms with Gasteiger partial charge in [0, 0.05) is 12.7 Å². The lowest BCUT2D eigenvalue weighted by atomic mass is 10.2. The molecular formula is C11H18F3N3O. The van der Waals surface area contributed by atoms with Gasteiger partial charge in [-0.1, -0.05) is 13.8 Å². The van der Waals surface area contributed by atoms with Crippen LogP contribution in [0.3, 0.4) is 0 Å². The first-order valence-corrected chi connectivity index (χ1v) is 5.77. The third kappa shape index (κ3) is 5.05. The number of rotatable bonds is 6. The highest BCUT2D eigenvalue weighted by molar-refractivity contribution is 5.08. The Morgan fingerprint density at radius 1 is 1.39 bits per heavy atom. The molecule has 2 N–H and O–H groups in total. The molecule has 0 saturated heterocycles. The van der Waals surface area contributed by atoms with Crippen LogP contribution in [0.4, 0.5) is 13.2 Å². The molecule has 0 bridgehead atoms. The number of alkyl halides is 3. The third-order valence-electron chi connectivity index (χ3n) is 2.29. The molecule has 0 amide bonds. The second kappa shape index (κ2) is 6.19. The number of aromatic nitrogens is 2. The molecule has 104 valence electrons. The van der Waals surface area contributed by atoms with Crippen molar-refractivity contribution < 1.29 is 18.3 Å². The lowest BCUT2D eigenvalue weighted by Crippen LogP contribution is -2.32. The molecule has 4 nitrogen and oxygen atoms in total. The molecule has 0 saturated carbocycles. The van der Waals surface area contributed by atoms with E-state index in [0.717, 1.165) is 23.6 Å². The number of nitrogens with zero attached hydrogens (tertiary/aromatic N) is 2. The Morgan fingerprint density at radius 2 is 2.06 bits per heavy atom. The van der Waals surface area contributed by atoms with E-state index in [1.807, 2.05) is 13.8 Å². The van der Waals surface area contributed by atoms with Crippen LogP contribution in [0, 0.1) is 5.92 Å². The molecule has 1 aromatic heterocycles. The van der Waals surface area contributed by atoms with Gasteiger partial charge in [0.1, 0.15) is 0 Å². The Kier molecular flexibility index (Phi) is 5.15. The van der Waals surface area contributed by atoms with Crippen LogP contribution in [-0.4, -0.2) is 34.1 Å². The fourth-order valence-electron chi connectivity index (χ4n) is 1.43. The van der Waals surface area contributed by atoms with Crippen molar-refractivity contribution in [3.8, 4) is 0 Å². The molecule has 1 rings (SSSR count). The summed E-state index contributed by atoms with van der Waals surface area (Å²) < 4.78 is 38.0. The van der Waals surface area contributed by atoms with Crippen molar-refractivity contribution in [2.24, 2.45) is 5.92 Å². The van der Waals surface area contributed by atoms with Crippen LogP contribution in [0.2, 0.25) is 0 Å². The Labute approximate surface area is 104 Å². The van der Waals surface area contributed by atoms with Gasteiger partial charge in [0.15, 0.2) is 0 Å². The fourth-order valence-corrected chi connectivity index (χ4v) is 1.43. The SMILES string of the molecule is CC(C)CNCC(O)Cn1cc(C(F)(F)F)cn1. The summed E-state index contributed by atoms with van der Waals surface area (Å²) in [6.07, 6.45) is -3.50. The van der Waals surface area contributed by atoms with Gasteiger partial charge in [0.25, 0.3) is 0 Å². The molecule has 0 aliphatic heterocycles. The minimum atomic E-state index is -4.39. The number of aliphatic hydroxyl groups is 1. The van der Waals surface area contributed by atoms with Crippen molar-refractivity contribution in [1.82, 2.24) is 15.1 Å². The molecule has 1 aromatic rings. The fraction of sp³-hybridized carbons (Fsp3) is 0.727. The number of nitrogens with one attached hydrogen (secondary N) is 1. The van der Waals surface area contributed by atoms with E-state index in [9.17, 15) is 18.3 Å². The van der Waals surface area contributed by atoms with Gasteiger partial charge < -0.3 is 10.4 Å². The van der Waals surface area contributed by atoms with E-state index in [4.69, 9.17) is 0 Å². The number of hydrogen-bond acceptors (Lipinski definition) is 3. The smallest absolute Gasteiger partial charge is 0.390 e. The van der Waals surface area contributed by atoms with Crippen molar-refractivity contribution in [1.29, 1.82) is 0 Å². The summed E-state index contributed by atoms with van der Waals surface area (Å²) in [5.74, 6) is 0.457. The maximum atomic E-state index is 12.3. The first-order chi connectivity index (χ1) is 8.29. The average molecular weight is 265 g/mol. The lowest BCUT2D eigenvalue weighted by molar-refractivity contribution is -0.137. The van der Waals surface area contributed by atoms with E-state index in [0.29, 0.717) is 12.5 Å². The van der Waals surface area contributed by atoms with Crippen LogP contribution >= 0.6 is 0 Å². The highest BCUT2D eigenvalue weighted by Gasteiger charge is 2.32. The Hall–Kier alpha value is -1.08. The molecule has 0 fully saturated rings. The van der Waals surface area contributed by atoms with Crippen molar-refractivity contribution in [2.75, 3.05) is 13.1 Å². The maximum Gasteiger partial charge on any atom is 0.419 e. The Balaban J connectivity index is 2.40. The van der Waals surface area contributed by atoms with E-state index in [1.165, 1.54) is 0 Å². The summed E-state index contributed by atoms with van der Waals surface area (Å²) in [5, 5.41) is 16.2. The van der Waals surface area contributed by atoms with Gasteiger partial charge in [-0.15, -0.1) is 0 Å². The number of aliphatic hydroxyl groups excluding tert-OH is 1. The van der Waals surface area contributed by atoms with Crippen molar-refractivity contribution in [2.45, 2.75) is 32.7 Å². The summed E-state index contributed by atoms with van der Waals surface area (Å²) in [5.41, 5.74) is -0.801. The van der Waals surface area contributed by atoms with Crippen LogP contribution in [0.25, 0.3) is 0 Å². The van der Waals surface area contributed by atoms with E-state index in [1.54, 1.807) is 0 Å². The van der Waals surface area contributed by atoms with Crippen LogP contribution < -0.4 is 5.32 Å². The van der Waals surface area contributed by atoms with Crippen LogP contribution in [0.5, 0.6) is 0 Å². The zero-order valence-electron chi connectivity index (χ0n) is 10.4. The van der Waals surface area contributed by atoms with Crippen LogP contribution in [0.15, 0.2) is 12.4 Å². The van der Waals surface area contributed by atoms with Crippen molar-refractivity contribution in [3.05, 3.63) is 18.0 Å². The molecule has 0 radical (unpaired) electrons. The van der Waals surface area contributed by atoms with Gasteiger partial charge in [-0.25, -0.2) is 0 Å². The molecule has 0 spiro atoms. The predicted molar refractivity (Wildman–Crippen MR) is 60.9 cm³/mol. The third-order valence-corrected chi connectivity index (χ3v) is 2.29. The molecule has 0 aromatic carbocycles. The van der Waals surface area contributed by atoms with Gasteiger partial charge in [0.05, 0.1) is 24.4 Å². The topological polar surface area (TPSA) is 50.1 Å². The van der Waals surface area contributed by atoms with Crippen molar-refractivity contribution >= 4 is 0 Å². The summed E-state index contributed by atoms with van der Waals surface area (Å²) in [4.78, 5) is 0. The second-order valence-electron chi connectivity index (χ2n) is 4.65. The molecule has 1 unspecified atom stereocenters. The first-order valence-electron chi connectivity index (χ1n) is 5.77. The van der Waals surface area contributed by atoms with Gasteiger partial charge in [-0.3, -0.25) is 4.68 Å². The number of hydrogen-bond donors (Lipinski definition) is 2. The van der Waals surface area contributed by atoms with Gasteiger partial charge >= 0.3 is 6.18 Å². The molecule has 0 aliphatic rings. The molecule has 1 heterocycles. The second-order valence-corrected chi connectivity index (χ2v) is 4.65. The van der Waals surface area contributed by atoms with Gasteiger partial charge in [0.2, 0.25) is 0 Å². The van der Waals surface area contributed by atoms with E-state index in [2.05, 4.69) is 10.4 Å². The minimum absolute atomic E-state index is 0.0428. The Bertz CT molecular complexity index is 363. The van der Waals surface area contributed by atoms with Crippen LogP contribution in [0.1, 0.15) is 19.4 Å². The highest BCUT2D eigenvalue weighted by Crippen LogP contribution is 2.28. The quantitative estimate of drug-likeness (QED) is 0.819. The minimum Gasteiger partial charge on any atom is -0.390 e.